The number of nitrogens with one attached hydrogen (secondary N) is 1. The van der Waals surface area contributed by atoms with Gasteiger partial charge in [-0.25, -0.2) is 0 Å². The normalized spacial score (nSPS) is 22.2. The predicted molar refractivity (Wildman–Crippen MR) is 94.6 cm³/mol. The zero-order chi connectivity index (χ0) is 15.7. The van der Waals surface area contributed by atoms with Crippen molar-refractivity contribution in [2.24, 2.45) is 0 Å². The van der Waals surface area contributed by atoms with Gasteiger partial charge in [0.1, 0.15) is 5.75 Å². The van der Waals surface area contributed by atoms with Gasteiger partial charge in [0, 0.05) is 19.1 Å². The smallest absolute Gasteiger partial charge is 0.233 e. The first-order valence-electron chi connectivity index (χ1n) is 8.22. The summed E-state index contributed by atoms with van der Waals surface area (Å²) < 4.78 is 5.43. The topological polar surface area (TPSA) is 41.6 Å². The van der Waals surface area contributed by atoms with Crippen LogP contribution in [-0.4, -0.2) is 44.1 Å². The average Bonchev–Trinajstić information content (AvgIpc) is 3.36. The van der Waals surface area contributed by atoms with E-state index in [1.165, 1.54) is 0 Å². The SMILES string of the molecule is CNC1CCCN(C(=O)C2(c3ccc(C)c(OC)c3)CC2)C1.Cl. The average molecular weight is 339 g/mol. The summed E-state index contributed by atoms with van der Waals surface area (Å²) in [5, 5.41) is 3.31. The van der Waals surface area contributed by atoms with E-state index >= 15 is 0 Å². The van der Waals surface area contributed by atoms with Gasteiger partial charge in [0.25, 0.3) is 0 Å². The number of methoxy groups -OCH3 is 1. The zero-order valence-corrected chi connectivity index (χ0v) is 15.0. The minimum absolute atomic E-state index is 0. The first-order chi connectivity index (χ1) is 10.6. The molecule has 2 fully saturated rings. The monoisotopic (exact) mass is 338 g/mol. The van der Waals surface area contributed by atoms with Crippen molar-refractivity contribution in [2.45, 2.75) is 44.1 Å². The van der Waals surface area contributed by atoms with E-state index < -0.39 is 0 Å². The number of benzene rings is 1. The summed E-state index contributed by atoms with van der Waals surface area (Å²) in [6.45, 7) is 3.76. The summed E-state index contributed by atoms with van der Waals surface area (Å²) in [5.74, 6) is 1.18. The molecule has 3 rings (SSSR count). The number of ether oxygens (including phenoxy) is 1. The Morgan fingerprint density at radius 1 is 1.39 bits per heavy atom. The van der Waals surface area contributed by atoms with Gasteiger partial charge >= 0.3 is 0 Å². The number of rotatable bonds is 4. The Morgan fingerprint density at radius 3 is 2.74 bits per heavy atom. The van der Waals surface area contributed by atoms with E-state index in [0.29, 0.717) is 11.9 Å². The fourth-order valence-electron chi connectivity index (χ4n) is 3.57. The van der Waals surface area contributed by atoms with E-state index in [-0.39, 0.29) is 17.8 Å². The molecule has 2 aliphatic rings. The van der Waals surface area contributed by atoms with Gasteiger partial charge in [-0.15, -0.1) is 12.4 Å². The van der Waals surface area contributed by atoms with Crippen LogP contribution >= 0.6 is 12.4 Å². The van der Waals surface area contributed by atoms with E-state index in [4.69, 9.17) is 4.74 Å². The molecule has 0 aromatic heterocycles. The van der Waals surface area contributed by atoms with Crippen molar-refractivity contribution in [1.82, 2.24) is 10.2 Å². The Bertz CT molecular complexity index is 572. The summed E-state index contributed by atoms with van der Waals surface area (Å²) >= 11 is 0. The van der Waals surface area contributed by atoms with E-state index in [0.717, 1.165) is 55.6 Å². The number of likely N-dealkylation sites (N-methyl/N-ethyl adjacent to an activating group) is 1. The highest BCUT2D eigenvalue weighted by Gasteiger charge is 2.53. The Kier molecular flexibility index (Phi) is 5.58. The molecule has 23 heavy (non-hydrogen) atoms. The molecule has 128 valence electrons. The fourth-order valence-corrected chi connectivity index (χ4v) is 3.57. The first-order valence-corrected chi connectivity index (χ1v) is 8.22. The summed E-state index contributed by atoms with van der Waals surface area (Å²) in [7, 11) is 3.67. The third kappa shape index (κ3) is 3.33. The number of aryl methyl sites for hydroxylation is 1. The lowest BCUT2D eigenvalue weighted by Gasteiger charge is -2.35. The maximum atomic E-state index is 13.1. The Hall–Kier alpha value is -1.26. The molecule has 1 saturated heterocycles. The number of amides is 1. The summed E-state index contributed by atoms with van der Waals surface area (Å²) in [6.07, 6.45) is 4.16. The van der Waals surface area contributed by atoms with Crippen LogP contribution in [0.15, 0.2) is 18.2 Å². The van der Waals surface area contributed by atoms with Crippen LogP contribution in [0.2, 0.25) is 0 Å². The molecule has 1 saturated carbocycles. The zero-order valence-electron chi connectivity index (χ0n) is 14.2. The molecule has 1 aromatic carbocycles. The van der Waals surface area contributed by atoms with Crippen molar-refractivity contribution < 1.29 is 9.53 Å². The second-order valence-electron chi connectivity index (χ2n) is 6.65. The molecule has 0 bridgehead atoms. The molecular formula is C18H27ClN2O2. The van der Waals surface area contributed by atoms with Gasteiger partial charge in [-0.3, -0.25) is 4.79 Å². The Labute approximate surface area is 145 Å². The van der Waals surface area contributed by atoms with Crippen LogP contribution in [0.3, 0.4) is 0 Å². The summed E-state index contributed by atoms with van der Waals surface area (Å²) in [5.41, 5.74) is 1.94. The Morgan fingerprint density at radius 2 is 2.13 bits per heavy atom. The van der Waals surface area contributed by atoms with Crippen LogP contribution in [0, 0.1) is 6.92 Å². The van der Waals surface area contributed by atoms with Crippen molar-refractivity contribution in [3.63, 3.8) is 0 Å². The standard InChI is InChI=1S/C18H26N2O2.ClH/c1-13-6-7-14(11-16(13)22-3)18(8-9-18)17(21)20-10-4-5-15(12-20)19-2;/h6-7,11,15,19H,4-5,8-10,12H2,1-3H3;1H. The lowest BCUT2D eigenvalue weighted by Crippen LogP contribution is -2.50. The number of likely N-dealkylation sites (tertiary alicyclic amines) is 1. The van der Waals surface area contributed by atoms with Crippen LogP contribution in [0.5, 0.6) is 5.75 Å². The van der Waals surface area contributed by atoms with Gasteiger partial charge in [-0.2, -0.15) is 0 Å². The van der Waals surface area contributed by atoms with Gasteiger partial charge in [0.2, 0.25) is 5.91 Å². The number of hydrogen-bond donors (Lipinski definition) is 1. The molecular weight excluding hydrogens is 312 g/mol. The molecule has 5 heteroatoms. The number of carbonyl (C=O) groups is 1. The lowest BCUT2D eigenvalue weighted by atomic mass is 9.92. The third-order valence-corrected chi connectivity index (χ3v) is 5.24. The summed E-state index contributed by atoms with van der Waals surface area (Å²) in [4.78, 5) is 15.1. The van der Waals surface area contributed by atoms with E-state index in [9.17, 15) is 4.79 Å². The second kappa shape index (κ2) is 7.10. The molecule has 1 N–H and O–H groups in total. The molecule has 0 spiro atoms. The van der Waals surface area contributed by atoms with Crippen molar-refractivity contribution in [2.75, 3.05) is 27.2 Å². The second-order valence-corrected chi connectivity index (χ2v) is 6.65. The van der Waals surface area contributed by atoms with Crippen LogP contribution in [-0.2, 0) is 10.2 Å². The van der Waals surface area contributed by atoms with Gasteiger partial charge in [-0.1, -0.05) is 12.1 Å². The van der Waals surface area contributed by atoms with Gasteiger partial charge in [0.05, 0.1) is 12.5 Å². The van der Waals surface area contributed by atoms with Gasteiger partial charge in [0.15, 0.2) is 0 Å². The van der Waals surface area contributed by atoms with Crippen molar-refractivity contribution in [3.05, 3.63) is 29.3 Å². The molecule has 1 amide bonds. The maximum Gasteiger partial charge on any atom is 0.233 e. The molecule has 1 aliphatic carbocycles. The molecule has 1 aromatic rings. The maximum absolute atomic E-state index is 13.1. The highest BCUT2D eigenvalue weighted by atomic mass is 35.5. The number of nitrogens with zero attached hydrogens (tertiary/aromatic N) is 1. The molecule has 4 nitrogen and oxygen atoms in total. The number of hydrogen-bond acceptors (Lipinski definition) is 3. The predicted octanol–water partition coefficient (Wildman–Crippen LogP) is 2.67. The third-order valence-electron chi connectivity index (χ3n) is 5.24. The molecule has 1 atom stereocenters. The minimum atomic E-state index is -0.295. The largest absolute Gasteiger partial charge is 0.496 e. The number of carbonyl (C=O) groups excluding carboxylic acids is 1. The van der Waals surface area contributed by atoms with Crippen molar-refractivity contribution in [3.8, 4) is 5.75 Å². The van der Waals surface area contributed by atoms with Crippen molar-refractivity contribution >= 4 is 18.3 Å². The molecule has 0 radical (unpaired) electrons. The van der Waals surface area contributed by atoms with E-state index in [2.05, 4.69) is 28.4 Å². The number of piperidine rings is 1. The van der Waals surface area contributed by atoms with Crippen LogP contribution in [0.1, 0.15) is 36.8 Å². The lowest BCUT2D eigenvalue weighted by molar-refractivity contribution is -0.135. The van der Waals surface area contributed by atoms with Crippen LogP contribution in [0.25, 0.3) is 0 Å². The Balaban J connectivity index is 0.00000192. The van der Waals surface area contributed by atoms with E-state index in [1.807, 2.05) is 14.0 Å². The van der Waals surface area contributed by atoms with Gasteiger partial charge in [-0.05, 0) is 56.8 Å². The first kappa shape index (κ1) is 18.1. The van der Waals surface area contributed by atoms with Crippen molar-refractivity contribution in [1.29, 1.82) is 0 Å². The molecule has 1 heterocycles. The quantitative estimate of drug-likeness (QED) is 0.917. The van der Waals surface area contributed by atoms with E-state index in [1.54, 1.807) is 7.11 Å². The van der Waals surface area contributed by atoms with Gasteiger partial charge < -0.3 is 15.0 Å². The highest BCUT2D eigenvalue weighted by molar-refractivity contribution is 5.91. The highest BCUT2D eigenvalue weighted by Crippen LogP contribution is 2.50. The summed E-state index contributed by atoms with van der Waals surface area (Å²) in [6, 6.07) is 6.65. The molecule has 1 aliphatic heterocycles. The van der Waals surface area contributed by atoms with Crippen LogP contribution in [0.4, 0.5) is 0 Å². The minimum Gasteiger partial charge on any atom is -0.496 e. The van der Waals surface area contributed by atoms with Crippen LogP contribution < -0.4 is 10.1 Å². The fraction of sp³-hybridized carbons (Fsp3) is 0.611. The number of halogens is 1. The molecule has 1 unspecified atom stereocenters.